The van der Waals surface area contributed by atoms with Crippen molar-refractivity contribution in [3.63, 3.8) is 0 Å². The topological polar surface area (TPSA) is 43.4 Å². The Morgan fingerprint density at radius 3 is 0.806 bits per heavy atom. The Morgan fingerprint density at radius 2 is 0.532 bits per heavy atom. The molecule has 0 aromatic heterocycles. The summed E-state index contributed by atoms with van der Waals surface area (Å²) in [6, 6.07) is 56.7. The van der Waals surface area contributed by atoms with Crippen LogP contribution in [0, 0.1) is 0 Å². The first-order valence-electron chi connectivity index (χ1n) is 21.8. The number of nitrogens with zero attached hydrogens (tertiary/aromatic N) is 2. The summed E-state index contributed by atoms with van der Waals surface area (Å²) in [6.45, 7) is 31.5. The summed E-state index contributed by atoms with van der Waals surface area (Å²) in [6.07, 6.45) is 0. The van der Waals surface area contributed by atoms with Gasteiger partial charge in [-0.2, -0.15) is 0 Å². The third-order valence-electron chi connectivity index (χ3n) is 9.87. The summed E-state index contributed by atoms with van der Waals surface area (Å²) in [5.74, 6) is 0. The van der Waals surface area contributed by atoms with Crippen molar-refractivity contribution in [2.24, 2.45) is 0 Å². The van der Waals surface area contributed by atoms with E-state index in [0.29, 0.717) is 0 Å². The maximum Gasteiger partial charge on any atom is 0.348 e. The molecule has 0 spiro atoms. The standard InChI is InChI=1S/C50H68N2O4Si6/c1-57(2,3)53-61(13,54-58(4,5)6)49-29-21-27-47(39-49)51(43-23-17-15-18-24-43)45-35-31-41(32-36-45)42-33-37-46(38-34-42)52(44-25-19-16-20-26-44)48-28-22-30-50(40-48)62(14,55-59(7,8)9)56-60(10,11)12/h15-40H,1-14H3. The third kappa shape index (κ3) is 12.6. The van der Waals surface area contributed by atoms with E-state index >= 15 is 0 Å². The molecule has 0 N–H and O–H groups in total. The summed E-state index contributed by atoms with van der Waals surface area (Å²) in [4.78, 5) is 4.66. The lowest BCUT2D eigenvalue weighted by Crippen LogP contribution is -2.60. The number of benzene rings is 6. The minimum atomic E-state index is -2.73. The highest BCUT2D eigenvalue weighted by molar-refractivity contribution is 6.95. The van der Waals surface area contributed by atoms with E-state index < -0.39 is 50.4 Å². The maximum atomic E-state index is 6.98. The van der Waals surface area contributed by atoms with Crippen molar-refractivity contribution >= 4 is 94.9 Å². The minimum absolute atomic E-state index is 1.08. The third-order valence-corrected chi connectivity index (χ3v) is 28.6. The van der Waals surface area contributed by atoms with E-state index in [-0.39, 0.29) is 0 Å². The van der Waals surface area contributed by atoms with E-state index in [0.717, 1.165) is 55.6 Å². The molecule has 0 saturated heterocycles. The second-order valence-corrected chi connectivity index (χ2v) is 45.4. The molecule has 0 aliphatic carbocycles. The summed E-state index contributed by atoms with van der Waals surface area (Å²) in [5.41, 5.74) is 8.80. The van der Waals surface area contributed by atoms with E-state index in [1.807, 2.05) is 0 Å². The molecule has 6 rings (SSSR count). The molecule has 0 heterocycles. The van der Waals surface area contributed by atoms with Crippen LogP contribution in [0.1, 0.15) is 0 Å². The number of rotatable bonds is 17. The number of anilines is 6. The van der Waals surface area contributed by atoms with Gasteiger partial charge in [0.15, 0.2) is 33.3 Å². The average Bonchev–Trinajstić information content (AvgIpc) is 3.17. The van der Waals surface area contributed by atoms with Crippen molar-refractivity contribution in [2.75, 3.05) is 9.80 Å². The molecule has 6 aromatic rings. The van der Waals surface area contributed by atoms with Crippen molar-refractivity contribution in [1.82, 2.24) is 0 Å². The van der Waals surface area contributed by atoms with E-state index in [1.54, 1.807) is 0 Å². The summed E-state index contributed by atoms with van der Waals surface area (Å²) >= 11 is 0. The number of hydrogen-bond acceptors (Lipinski definition) is 6. The molecule has 0 atom stereocenters. The monoisotopic (exact) mass is 928 g/mol. The molecule has 326 valence electrons. The second kappa shape index (κ2) is 18.6. The van der Waals surface area contributed by atoms with Crippen LogP contribution in [0.25, 0.3) is 11.1 Å². The van der Waals surface area contributed by atoms with Crippen LogP contribution in [-0.2, 0) is 16.5 Å². The van der Waals surface area contributed by atoms with Crippen LogP contribution in [0.4, 0.5) is 34.1 Å². The van der Waals surface area contributed by atoms with E-state index in [1.165, 1.54) is 0 Å². The van der Waals surface area contributed by atoms with Crippen LogP contribution in [0.3, 0.4) is 0 Å². The molecule has 0 bridgehead atoms. The van der Waals surface area contributed by atoms with Crippen molar-refractivity contribution in [3.8, 4) is 11.1 Å². The smallest absolute Gasteiger partial charge is 0.348 e. The Kier molecular flexibility index (Phi) is 14.3. The number of hydrogen-bond donors (Lipinski definition) is 0. The zero-order valence-corrected chi connectivity index (χ0v) is 45.5. The SMILES string of the molecule is C[Si](C)(C)O[Si](C)(O[Si](C)(C)C)c1cccc(N(c2ccccc2)c2ccc(-c3ccc(N(c4ccccc4)c4cccc([Si](C)(O[Si](C)(C)C)O[Si](C)(C)C)c4)cc3)cc2)c1. The Bertz CT molecular complexity index is 2190. The van der Waals surface area contributed by atoms with Crippen molar-refractivity contribution in [1.29, 1.82) is 0 Å². The lowest BCUT2D eigenvalue weighted by molar-refractivity contribution is 0.403. The maximum absolute atomic E-state index is 6.98. The highest BCUT2D eigenvalue weighted by atomic mass is 28.5. The van der Waals surface area contributed by atoms with Gasteiger partial charge in [0.25, 0.3) is 0 Å². The van der Waals surface area contributed by atoms with Gasteiger partial charge in [0, 0.05) is 34.1 Å². The predicted molar refractivity (Wildman–Crippen MR) is 281 cm³/mol. The van der Waals surface area contributed by atoms with Crippen LogP contribution < -0.4 is 20.2 Å². The Hall–Kier alpha value is -3.94. The van der Waals surface area contributed by atoms with E-state index in [9.17, 15) is 0 Å². The molecule has 0 aliphatic heterocycles. The van der Waals surface area contributed by atoms with Crippen LogP contribution >= 0.6 is 0 Å². The Labute approximate surface area is 379 Å². The highest BCUT2D eigenvalue weighted by Gasteiger charge is 2.44. The van der Waals surface area contributed by atoms with Crippen LogP contribution in [0.15, 0.2) is 158 Å². The summed E-state index contributed by atoms with van der Waals surface area (Å²) in [5, 5.41) is 2.31. The average molecular weight is 930 g/mol. The largest absolute Gasteiger partial charge is 0.433 e. The fourth-order valence-corrected chi connectivity index (χ4v) is 31.4. The van der Waals surface area contributed by atoms with Crippen LogP contribution in [-0.4, -0.2) is 50.4 Å². The zero-order valence-electron chi connectivity index (χ0n) is 39.5. The molecule has 0 fully saturated rings. The molecular formula is C50H68N2O4Si6. The molecule has 0 radical (unpaired) electrons. The van der Waals surface area contributed by atoms with E-state index in [4.69, 9.17) is 16.5 Å². The summed E-state index contributed by atoms with van der Waals surface area (Å²) < 4.78 is 27.9. The lowest BCUT2D eigenvalue weighted by atomic mass is 10.0. The minimum Gasteiger partial charge on any atom is -0.433 e. The molecule has 0 amide bonds. The first-order valence-corrected chi connectivity index (χ1v) is 40.1. The molecule has 6 aromatic carbocycles. The van der Waals surface area contributed by atoms with Gasteiger partial charge in [0.2, 0.25) is 0 Å². The molecule has 6 nitrogen and oxygen atoms in total. The van der Waals surface area contributed by atoms with Crippen LogP contribution in [0.5, 0.6) is 0 Å². The van der Waals surface area contributed by atoms with Gasteiger partial charge < -0.3 is 26.3 Å². The molecule has 12 heteroatoms. The van der Waals surface area contributed by atoms with Crippen molar-refractivity contribution < 1.29 is 16.5 Å². The van der Waals surface area contributed by atoms with Gasteiger partial charge in [0.1, 0.15) is 0 Å². The van der Waals surface area contributed by atoms with Gasteiger partial charge in [-0.3, -0.25) is 0 Å². The summed E-state index contributed by atoms with van der Waals surface area (Å²) in [7, 11) is -13.1. The van der Waals surface area contributed by atoms with Gasteiger partial charge >= 0.3 is 17.1 Å². The highest BCUT2D eigenvalue weighted by Crippen LogP contribution is 2.38. The molecule has 0 aliphatic rings. The number of para-hydroxylation sites is 2. The van der Waals surface area contributed by atoms with Crippen molar-refractivity contribution in [2.45, 2.75) is 91.7 Å². The Balaban J connectivity index is 1.35. The molecule has 0 saturated carbocycles. The van der Waals surface area contributed by atoms with E-state index in [2.05, 4.69) is 259 Å². The second-order valence-electron chi connectivity index (χ2n) is 20.3. The van der Waals surface area contributed by atoms with Crippen LogP contribution in [0.2, 0.25) is 91.7 Å². The lowest BCUT2D eigenvalue weighted by Gasteiger charge is -2.39. The first-order chi connectivity index (χ1) is 28.9. The zero-order chi connectivity index (χ0) is 45.1. The normalized spacial score (nSPS) is 12.9. The molecule has 62 heavy (non-hydrogen) atoms. The molecular weight excluding hydrogens is 861 g/mol. The van der Waals surface area contributed by atoms with Gasteiger partial charge in [-0.15, -0.1) is 0 Å². The van der Waals surface area contributed by atoms with Gasteiger partial charge in [-0.1, -0.05) is 84.9 Å². The fourth-order valence-electron chi connectivity index (χ4n) is 8.12. The van der Waals surface area contributed by atoms with Gasteiger partial charge in [0.05, 0.1) is 0 Å². The predicted octanol–water partition coefficient (Wildman–Crippen LogP) is 14.3. The Morgan fingerprint density at radius 1 is 0.274 bits per heavy atom. The fraction of sp³-hybridized carbons (Fsp3) is 0.280. The quantitative estimate of drug-likeness (QED) is 0.0849. The molecule has 0 unspecified atom stereocenters. The first kappa shape index (κ1) is 47.5. The van der Waals surface area contributed by atoms with Crippen molar-refractivity contribution in [3.05, 3.63) is 158 Å². The van der Waals surface area contributed by atoms with Gasteiger partial charge in [-0.25, -0.2) is 0 Å². The van der Waals surface area contributed by atoms with Gasteiger partial charge in [-0.05, 0) is 186 Å².